The molecule has 0 bridgehead atoms. The lowest BCUT2D eigenvalue weighted by Crippen LogP contribution is -2.36. The molecule has 2 atom stereocenters. The van der Waals surface area contributed by atoms with Crippen molar-refractivity contribution >= 4 is 23.1 Å². The van der Waals surface area contributed by atoms with Crippen molar-refractivity contribution < 1.29 is 28.5 Å². The molecule has 7 nitrogen and oxygen atoms in total. The van der Waals surface area contributed by atoms with E-state index in [0.29, 0.717) is 47.8 Å². The summed E-state index contributed by atoms with van der Waals surface area (Å²) in [5, 5.41) is 5.42. The topological polar surface area (TPSA) is 83.1 Å². The normalized spacial score (nSPS) is 21.3. The highest BCUT2D eigenvalue weighted by atomic mass is 32.1. The van der Waals surface area contributed by atoms with Gasteiger partial charge in [0, 0.05) is 40.1 Å². The van der Waals surface area contributed by atoms with Crippen LogP contribution in [-0.2, 0) is 19.1 Å². The second-order valence-electron chi connectivity index (χ2n) is 9.20. The first-order valence-corrected chi connectivity index (χ1v) is 12.8. The molecule has 8 heteroatoms. The van der Waals surface area contributed by atoms with Crippen LogP contribution in [0.5, 0.6) is 11.5 Å². The minimum Gasteiger partial charge on any atom is -0.460 e. The fraction of sp³-hybridized carbons (Fsp3) is 0.407. The molecular formula is C27H29NO6S. The second-order valence-corrected chi connectivity index (χ2v) is 10.2. The van der Waals surface area contributed by atoms with Crippen LogP contribution in [0.25, 0.3) is 0 Å². The minimum absolute atomic E-state index is 0.0424. The van der Waals surface area contributed by atoms with Gasteiger partial charge >= 0.3 is 5.97 Å². The molecule has 3 heterocycles. The Morgan fingerprint density at radius 2 is 2.00 bits per heavy atom. The van der Waals surface area contributed by atoms with Crippen molar-refractivity contribution in [3.63, 3.8) is 0 Å². The van der Waals surface area contributed by atoms with Crippen LogP contribution >= 0.6 is 11.3 Å². The molecular weight excluding hydrogens is 466 g/mol. The number of benzene rings is 1. The summed E-state index contributed by atoms with van der Waals surface area (Å²) in [6.45, 7) is 6.34. The molecule has 0 radical (unpaired) electrons. The first kappa shape index (κ1) is 23.6. The third-order valence-corrected chi connectivity index (χ3v) is 7.53. The summed E-state index contributed by atoms with van der Waals surface area (Å²) in [6, 6.07) is 9.69. The number of hydrogen-bond donors (Lipinski definition) is 1. The lowest BCUT2D eigenvalue weighted by Gasteiger charge is -2.36. The molecule has 0 saturated carbocycles. The van der Waals surface area contributed by atoms with Gasteiger partial charge < -0.3 is 24.3 Å². The van der Waals surface area contributed by atoms with Crippen LogP contribution in [0.15, 0.2) is 58.3 Å². The summed E-state index contributed by atoms with van der Waals surface area (Å²) in [5.41, 5.74) is 3.44. The Morgan fingerprint density at radius 1 is 1.17 bits per heavy atom. The van der Waals surface area contributed by atoms with Crippen molar-refractivity contribution in [2.75, 3.05) is 20.0 Å². The number of dihydropyridines is 1. The van der Waals surface area contributed by atoms with E-state index in [0.717, 1.165) is 11.3 Å². The zero-order valence-corrected chi connectivity index (χ0v) is 20.9. The summed E-state index contributed by atoms with van der Waals surface area (Å²) >= 11 is 1.67. The summed E-state index contributed by atoms with van der Waals surface area (Å²) in [5.74, 6) is 0.432. The molecule has 184 valence electrons. The number of ether oxygens (including phenoxy) is 4. The molecule has 1 aliphatic carbocycles. The maximum absolute atomic E-state index is 13.6. The van der Waals surface area contributed by atoms with Gasteiger partial charge in [-0.2, -0.15) is 0 Å². The van der Waals surface area contributed by atoms with Crippen LogP contribution < -0.4 is 14.8 Å². The fourth-order valence-corrected chi connectivity index (χ4v) is 5.79. The van der Waals surface area contributed by atoms with Crippen molar-refractivity contribution in [3.8, 4) is 11.5 Å². The second kappa shape index (κ2) is 9.87. The Bertz CT molecular complexity index is 1200. The number of ketones is 1. The highest BCUT2D eigenvalue weighted by Crippen LogP contribution is 2.47. The van der Waals surface area contributed by atoms with Crippen LogP contribution in [0.2, 0.25) is 0 Å². The number of carbonyl (C=O) groups is 2. The molecule has 0 spiro atoms. The van der Waals surface area contributed by atoms with Crippen LogP contribution in [0.3, 0.4) is 0 Å². The molecule has 1 N–H and O–H groups in total. The van der Waals surface area contributed by atoms with Crippen LogP contribution in [0.4, 0.5) is 0 Å². The van der Waals surface area contributed by atoms with E-state index in [1.807, 2.05) is 50.4 Å². The minimum atomic E-state index is -0.545. The Morgan fingerprint density at radius 3 is 2.77 bits per heavy atom. The van der Waals surface area contributed by atoms with Gasteiger partial charge in [0.25, 0.3) is 0 Å². The Kier molecular flexibility index (Phi) is 6.67. The molecule has 1 aromatic heterocycles. The van der Waals surface area contributed by atoms with Gasteiger partial charge in [0.05, 0.1) is 18.3 Å². The fourth-order valence-electron chi connectivity index (χ4n) is 4.96. The van der Waals surface area contributed by atoms with Gasteiger partial charge in [0.1, 0.15) is 6.61 Å². The number of fused-ring (bicyclic) bond motifs is 1. The third-order valence-electron chi connectivity index (χ3n) is 6.49. The Labute approximate surface area is 208 Å². The molecule has 2 aliphatic heterocycles. The van der Waals surface area contributed by atoms with Crippen LogP contribution in [0, 0.1) is 0 Å². The zero-order chi connectivity index (χ0) is 24.5. The zero-order valence-electron chi connectivity index (χ0n) is 20.1. The van der Waals surface area contributed by atoms with E-state index < -0.39 is 11.9 Å². The Hall–Kier alpha value is -3.10. The van der Waals surface area contributed by atoms with Crippen LogP contribution in [-0.4, -0.2) is 37.9 Å². The number of allylic oxidation sites excluding steroid dienone is 3. The van der Waals surface area contributed by atoms with E-state index in [1.54, 1.807) is 11.3 Å². The average molecular weight is 496 g/mol. The molecule has 5 rings (SSSR count). The van der Waals surface area contributed by atoms with Crippen molar-refractivity contribution in [2.24, 2.45) is 0 Å². The van der Waals surface area contributed by atoms with Gasteiger partial charge in [-0.15, -0.1) is 11.3 Å². The smallest absolute Gasteiger partial charge is 0.336 e. The number of nitrogens with one attached hydrogen (secondary N) is 1. The highest BCUT2D eigenvalue weighted by molar-refractivity contribution is 7.10. The molecule has 2 aromatic rings. The average Bonchev–Trinajstić information content (AvgIpc) is 3.52. The van der Waals surface area contributed by atoms with E-state index >= 15 is 0 Å². The molecule has 3 aliphatic rings. The van der Waals surface area contributed by atoms with E-state index in [2.05, 4.69) is 11.4 Å². The van der Waals surface area contributed by atoms with Gasteiger partial charge in [0.15, 0.2) is 17.3 Å². The number of thiophene rings is 1. The number of rotatable bonds is 7. The van der Waals surface area contributed by atoms with E-state index in [-0.39, 0.29) is 31.2 Å². The maximum Gasteiger partial charge on any atom is 0.336 e. The highest BCUT2D eigenvalue weighted by Gasteiger charge is 2.42. The molecule has 0 amide bonds. The first-order valence-electron chi connectivity index (χ1n) is 11.9. The summed E-state index contributed by atoms with van der Waals surface area (Å²) in [7, 11) is 0. The monoisotopic (exact) mass is 495 g/mol. The molecule has 1 aromatic carbocycles. The quantitative estimate of drug-likeness (QED) is 0.436. The van der Waals surface area contributed by atoms with Crippen molar-refractivity contribution in [1.29, 1.82) is 0 Å². The third kappa shape index (κ3) is 4.73. The molecule has 0 fully saturated rings. The lowest BCUT2D eigenvalue weighted by atomic mass is 9.72. The van der Waals surface area contributed by atoms with Gasteiger partial charge in [-0.3, -0.25) is 4.79 Å². The van der Waals surface area contributed by atoms with Gasteiger partial charge in [0.2, 0.25) is 6.79 Å². The van der Waals surface area contributed by atoms with Crippen molar-refractivity contribution in [3.05, 3.63) is 68.7 Å². The lowest BCUT2D eigenvalue weighted by molar-refractivity contribution is -0.141. The Balaban J connectivity index is 1.50. The van der Waals surface area contributed by atoms with Gasteiger partial charge in [-0.1, -0.05) is 12.1 Å². The summed E-state index contributed by atoms with van der Waals surface area (Å²) in [6.07, 6.45) is 1.17. The summed E-state index contributed by atoms with van der Waals surface area (Å²) < 4.78 is 22.2. The van der Waals surface area contributed by atoms with E-state index in [4.69, 9.17) is 18.9 Å². The predicted molar refractivity (Wildman–Crippen MR) is 132 cm³/mol. The van der Waals surface area contributed by atoms with Gasteiger partial charge in [-0.25, -0.2) is 4.79 Å². The standard InChI is InChI=1S/C27H29NO6S/c1-15(2)31-8-9-32-27(30)24-16(3)28-19-11-18(23-5-4-10-35-23)12-20(29)26(19)25(24)17-6-7-21-22(13-17)34-14-33-21/h4-7,10,13,15,18,25,28H,8-9,11-12,14H2,1-3H3/t18-,25-/m0/s1. The number of esters is 1. The maximum atomic E-state index is 13.6. The number of hydrogen-bond acceptors (Lipinski definition) is 8. The molecule has 0 saturated heterocycles. The predicted octanol–water partition coefficient (Wildman–Crippen LogP) is 4.81. The SMILES string of the molecule is CC1=C(C(=O)OCCOC(C)C)[C@H](c2ccc3c(c2)OCO3)C2=C(C[C@H](c3cccs3)CC2=O)N1. The van der Waals surface area contributed by atoms with E-state index in [1.165, 1.54) is 4.88 Å². The summed E-state index contributed by atoms with van der Waals surface area (Å²) in [4.78, 5) is 28.2. The first-order chi connectivity index (χ1) is 16.9. The molecule has 35 heavy (non-hydrogen) atoms. The number of Topliss-reactive ketones (excluding diaryl/α,β-unsaturated/α-hetero) is 1. The van der Waals surface area contributed by atoms with E-state index in [9.17, 15) is 9.59 Å². The number of carbonyl (C=O) groups excluding carboxylic acids is 2. The van der Waals surface area contributed by atoms with Crippen LogP contribution in [0.1, 0.15) is 55.9 Å². The van der Waals surface area contributed by atoms with Crippen molar-refractivity contribution in [1.82, 2.24) is 5.32 Å². The largest absolute Gasteiger partial charge is 0.460 e. The van der Waals surface area contributed by atoms with Crippen molar-refractivity contribution in [2.45, 2.75) is 51.6 Å². The molecule has 0 unspecified atom stereocenters. The van der Waals surface area contributed by atoms with Gasteiger partial charge in [-0.05, 0) is 56.3 Å².